The Morgan fingerprint density at radius 2 is 1.81 bits per heavy atom. The molecule has 0 aliphatic carbocycles. The van der Waals surface area contributed by atoms with Crippen molar-refractivity contribution in [1.29, 1.82) is 0 Å². The normalized spacial score (nSPS) is 13.1. The lowest BCUT2D eigenvalue weighted by Gasteiger charge is -2.15. The van der Waals surface area contributed by atoms with Crippen LogP contribution >= 0.6 is 0 Å². The van der Waals surface area contributed by atoms with Crippen molar-refractivity contribution in [2.45, 2.75) is 53.7 Å². The number of H-pyrrole nitrogens is 1. The Labute approximate surface area is 159 Å². The Kier molecular flexibility index (Phi) is 6.44. The lowest BCUT2D eigenvalue weighted by Crippen LogP contribution is -2.31. The fraction of sp³-hybridized carbons (Fsp3) is 0.429. The maximum Gasteiger partial charge on any atom is 0.355 e. The van der Waals surface area contributed by atoms with Crippen molar-refractivity contribution in [2.75, 3.05) is 6.61 Å². The maximum atomic E-state index is 12.3. The molecular formula is C21H28N2O4. The highest BCUT2D eigenvalue weighted by atomic mass is 16.5. The number of rotatable bonds is 6. The first-order chi connectivity index (χ1) is 12.6. The van der Waals surface area contributed by atoms with Gasteiger partial charge in [0.25, 0.3) is 5.91 Å². The number of benzene rings is 1. The maximum absolute atomic E-state index is 12.3. The summed E-state index contributed by atoms with van der Waals surface area (Å²) in [5.41, 5.74) is 5.63. The van der Waals surface area contributed by atoms with Gasteiger partial charge in [0.1, 0.15) is 5.69 Å². The molecule has 2 rings (SSSR count). The van der Waals surface area contributed by atoms with E-state index in [4.69, 9.17) is 4.74 Å². The van der Waals surface area contributed by atoms with E-state index in [0.29, 0.717) is 16.8 Å². The van der Waals surface area contributed by atoms with Crippen molar-refractivity contribution < 1.29 is 19.4 Å². The molecule has 0 aliphatic rings. The Hall–Kier alpha value is -2.60. The Balaban J connectivity index is 1.96. The number of hydrogen-bond donors (Lipinski definition) is 3. The average molecular weight is 372 g/mol. The van der Waals surface area contributed by atoms with E-state index >= 15 is 0 Å². The molecule has 1 aromatic heterocycles. The second-order valence-corrected chi connectivity index (χ2v) is 7.05. The number of hydrogen-bond acceptors (Lipinski definition) is 4. The first kappa shape index (κ1) is 20.7. The summed E-state index contributed by atoms with van der Waals surface area (Å²) in [5, 5.41) is 12.6. The van der Waals surface area contributed by atoms with Gasteiger partial charge in [0.2, 0.25) is 0 Å². The van der Waals surface area contributed by atoms with Crippen LogP contribution < -0.4 is 5.32 Å². The van der Waals surface area contributed by atoms with Crippen molar-refractivity contribution in [3.63, 3.8) is 0 Å². The Bertz CT molecular complexity index is 852. The third-order valence-corrected chi connectivity index (χ3v) is 4.86. The van der Waals surface area contributed by atoms with Crippen LogP contribution in [0.2, 0.25) is 0 Å². The summed E-state index contributed by atoms with van der Waals surface area (Å²) in [7, 11) is 0. The van der Waals surface area contributed by atoms with Gasteiger partial charge in [-0.2, -0.15) is 0 Å². The van der Waals surface area contributed by atoms with Gasteiger partial charge in [-0.15, -0.1) is 0 Å². The molecule has 0 spiro atoms. The third kappa shape index (κ3) is 4.77. The van der Waals surface area contributed by atoms with Crippen molar-refractivity contribution in [3.8, 4) is 0 Å². The summed E-state index contributed by atoms with van der Waals surface area (Å²) in [4.78, 5) is 27.4. The van der Waals surface area contributed by atoms with E-state index in [0.717, 1.165) is 11.1 Å². The standard InChI is InChI=1S/C21H28N2O4/c1-11-7-8-17(9-12(11)2)14(4)22-18(25)10-27-21(26)20-13(3)19(16(6)24)15(5)23-20/h7-9,14,16,23-24H,10H2,1-6H3,(H,22,25)/t14-,16+/m0/s1. The van der Waals surface area contributed by atoms with Crippen molar-refractivity contribution >= 4 is 11.9 Å². The molecule has 0 aliphatic heterocycles. The number of aryl methyl sites for hydroxylation is 3. The van der Waals surface area contributed by atoms with E-state index in [-0.39, 0.29) is 24.2 Å². The van der Waals surface area contributed by atoms with Crippen LogP contribution in [-0.4, -0.2) is 28.6 Å². The Morgan fingerprint density at radius 3 is 2.37 bits per heavy atom. The van der Waals surface area contributed by atoms with Gasteiger partial charge >= 0.3 is 5.97 Å². The smallest absolute Gasteiger partial charge is 0.355 e. The fourth-order valence-corrected chi connectivity index (χ4v) is 3.20. The number of carbonyl (C=O) groups is 2. The Morgan fingerprint density at radius 1 is 1.15 bits per heavy atom. The quantitative estimate of drug-likeness (QED) is 0.678. The van der Waals surface area contributed by atoms with Crippen LogP contribution in [0.15, 0.2) is 18.2 Å². The van der Waals surface area contributed by atoms with Crippen LogP contribution in [-0.2, 0) is 9.53 Å². The number of esters is 1. The molecule has 27 heavy (non-hydrogen) atoms. The second kappa shape index (κ2) is 8.39. The van der Waals surface area contributed by atoms with Crippen LogP contribution in [0.1, 0.15) is 70.0 Å². The van der Waals surface area contributed by atoms with Gasteiger partial charge in [0, 0.05) is 11.3 Å². The number of aromatic amines is 1. The number of ether oxygens (including phenoxy) is 1. The zero-order valence-corrected chi connectivity index (χ0v) is 16.8. The van der Waals surface area contributed by atoms with Crippen LogP contribution in [0.3, 0.4) is 0 Å². The van der Waals surface area contributed by atoms with E-state index < -0.39 is 12.1 Å². The number of aliphatic hydroxyl groups is 1. The van der Waals surface area contributed by atoms with Gasteiger partial charge in [-0.1, -0.05) is 18.2 Å². The van der Waals surface area contributed by atoms with Crippen LogP contribution in [0.5, 0.6) is 0 Å². The van der Waals surface area contributed by atoms with Gasteiger partial charge in [-0.3, -0.25) is 4.79 Å². The van der Waals surface area contributed by atoms with Gasteiger partial charge in [-0.05, 0) is 63.8 Å². The van der Waals surface area contributed by atoms with Gasteiger partial charge in [-0.25, -0.2) is 4.79 Å². The zero-order chi connectivity index (χ0) is 20.3. The monoisotopic (exact) mass is 372 g/mol. The summed E-state index contributed by atoms with van der Waals surface area (Å²) in [5.74, 6) is -0.984. The first-order valence-corrected chi connectivity index (χ1v) is 9.02. The summed E-state index contributed by atoms with van der Waals surface area (Å²) < 4.78 is 5.13. The van der Waals surface area contributed by atoms with E-state index in [1.165, 1.54) is 5.56 Å². The number of aromatic nitrogens is 1. The minimum Gasteiger partial charge on any atom is -0.451 e. The highest BCUT2D eigenvalue weighted by Gasteiger charge is 2.22. The second-order valence-electron chi connectivity index (χ2n) is 7.05. The van der Waals surface area contributed by atoms with Crippen molar-refractivity contribution in [1.82, 2.24) is 10.3 Å². The third-order valence-electron chi connectivity index (χ3n) is 4.86. The van der Waals surface area contributed by atoms with Gasteiger partial charge < -0.3 is 20.1 Å². The number of aliphatic hydroxyl groups excluding tert-OH is 1. The molecule has 3 N–H and O–H groups in total. The van der Waals surface area contributed by atoms with Crippen LogP contribution in [0, 0.1) is 27.7 Å². The molecule has 6 heteroatoms. The molecule has 0 unspecified atom stereocenters. The first-order valence-electron chi connectivity index (χ1n) is 9.02. The zero-order valence-electron chi connectivity index (χ0n) is 16.8. The van der Waals surface area contributed by atoms with Crippen LogP contribution in [0.25, 0.3) is 0 Å². The number of carbonyl (C=O) groups excluding carboxylic acids is 2. The molecule has 1 amide bonds. The van der Waals surface area contributed by atoms with Crippen molar-refractivity contribution in [2.24, 2.45) is 0 Å². The topological polar surface area (TPSA) is 91.4 Å². The molecular weight excluding hydrogens is 344 g/mol. The number of amides is 1. The molecule has 0 bridgehead atoms. The minimum atomic E-state index is -0.690. The lowest BCUT2D eigenvalue weighted by atomic mass is 10.0. The van der Waals surface area contributed by atoms with Crippen LogP contribution in [0.4, 0.5) is 0 Å². The molecule has 146 valence electrons. The summed E-state index contributed by atoms with van der Waals surface area (Å²) >= 11 is 0. The molecule has 6 nitrogen and oxygen atoms in total. The van der Waals surface area contributed by atoms with E-state index in [1.807, 2.05) is 39.0 Å². The average Bonchev–Trinajstić information content (AvgIpc) is 2.89. The van der Waals surface area contributed by atoms with Gasteiger partial charge in [0.15, 0.2) is 6.61 Å². The molecule has 0 radical (unpaired) electrons. The SMILES string of the molecule is Cc1ccc([C@H](C)NC(=O)COC(=O)c2[nH]c(C)c([C@@H](C)O)c2C)cc1C. The van der Waals surface area contributed by atoms with Gasteiger partial charge in [0.05, 0.1) is 12.1 Å². The van der Waals surface area contributed by atoms with E-state index in [2.05, 4.69) is 10.3 Å². The predicted octanol–water partition coefficient (Wildman–Crippen LogP) is 3.34. The summed E-state index contributed by atoms with van der Waals surface area (Å²) in [6, 6.07) is 5.84. The molecule has 2 atom stereocenters. The van der Waals surface area contributed by atoms with E-state index in [1.54, 1.807) is 20.8 Å². The largest absolute Gasteiger partial charge is 0.451 e. The highest BCUT2D eigenvalue weighted by molar-refractivity contribution is 5.91. The molecule has 0 saturated carbocycles. The van der Waals surface area contributed by atoms with Crippen molar-refractivity contribution in [3.05, 3.63) is 57.4 Å². The summed E-state index contributed by atoms with van der Waals surface area (Å²) in [6.45, 7) is 10.7. The minimum absolute atomic E-state index is 0.188. The number of nitrogens with one attached hydrogen (secondary N) is 2. The fourth-order valence-electron chi connectivity index (χ4n) is 3.20. The van der Waals surface area contributed by atoms with E-state index in [9.17, 15) is 14.7 Å². The molecule has 1 aromatic carbocycles. The predicted molar refractivity (Wildman–Crippen MR) is 104 cm³/mol. The lowest BCUT2D eigenvalue weighted by molar-refractivity contribution is -0.124. The molecule has 1 heterocycles. The summed E-state index contributed by atoms with van der Waals surface area (Å²) in [6.07, 6.45) is -0.690. The molecule has 0 saturated heterocycles. The molecule has 2 aromatic rings. The molecule has 0 fully saturated rings. The highest BCUT2D eigenvalue weighted by Crippen LogP contribution is 2.24.